The number of amides is 1. The third kappa shape index (κ3) is 3.56. The fourth-order valence-electron chi connectivity index (χ4n) is 3.02. The van der Waals surface area contributed by atoms with E-state index in [0.29, 0.717) is 6.54 Å². The van der Waals surface area contributed by atoms with Gasteiger partial charge in [0.15, 0.2) is 0 Å². The van der Waals surface area contributed by atoms with Crippen LogP contribution in [-0.2, 0) is 11.3 Å². The summed E-state index contributed by atoms with van der Waals surface area (Å²) in [6.45, 7) is 5.55. The van der Waals surface area contributed by atoms with Gasteiger partial charge in [-0.2, -0.15) is 0 Å². The normalized spacial score (nSPS) is 21.9. The van der Waals surface area contributed by atoms with Gasteiger partial charge < -0.3 is 15.0 Å². The van der Waals surface area contributed by atoms with Gasteiger partial charge in [-0.05, 0) is 45.7 Å². The molecule has 1 aliphatic rings. The number of nitrogens with one attached hydrogen (secondary N) is 1. The summed E-state index contributed by atoms with van der Waals surface area (Å²) in [4.78, 5) is 14.5. The van der Waals surface area contributed by atoms with E-state index in [1.54, 1.807) is 12.0 Å². The highest BCUT2D eigenvalue weighted by molar-refractivity contribution is 5.85. The molecule has 1 unspecified atom stereocenters. The lowest BCUT2D eigenvalue weighted by Crippen LogP contribution is -2.57. The van der Waals surface area contributed by atoms with E-state index >= 15 is 0 Å². The van der Waals surface area contributed by atoms with Crippen molar-refractivity contribution >= 4 is 5.91 Å². The first-order valence-corrected chi connectivity index (χ1v) is 7.60. The fraction of sp³-hybridized carbons (Fsp3) is 0.588. The van der Waals surface area contributed by atoms with Gasteiger partial charge in [0.05, 0.1) is 12.6 Å². The van der Waals surface area contributed by atoms with E-state index in [-0.39, 0.29) is 5.91 Å². The Bertz CT molecular complexity index is 508. The number of carbonyl (C=O) groups is 1. The number of ether oxygens (including phenoxy) is 1. The molecule has 1 atom stereocenters. The van der Waals surface area contributed by atoms with Crippen molar-refractivity contribution < 1.29 is 9.53 Å². The molecular formula is C17H26N2O2. The summed E-state index contributed by atoms with van der Waals surface area (Å²) in [6.07, 6.45) is 3.16. The Morgan fingerprint density at radius 1 is 1.43 bits per heavy atom. The topological polar surface area (TPSA) is 41.6 Å². The molecule has 1 aliphatic heterocycles. The SMILES string of the molecule is COc1ccc(C)cc1CN(C)C(=O)C1(C)CCCCN1. The highest BCUT2D eigenvalue weighted by Gasteiger charge is 2.36. The molecule has 2 rings (SSSR count). The molecule has 4 heteroatoms. The van der Waals surface area contributed by atoms with Crippen LogP contribution in [0, 0.1) is 6.92 Å². The lowest BCUT2D eigenvalue weighted by atomic mass is 9.89. The smallest absolute Gasteiger partial charge is 0.242 e. The number of aryl methyl sites for hydroxylation is 1. The van der Waals surface area contributed by atoms with Crippen LogP contribution < -0.4 is 10.1 Å². The molecule has 0 saturated carbocycles. The summed E-state index contributed by atoms with van der Waals surface area (Å²) in [5.74, 6) is 0.993. The molecule has 21 heavy (non-hydrogen) atoms. The number of piperidine rings is 1. The van der Waals surface area contributed by atoms with Crippen molar-refractivity contribution in [3.8, 4) is 5.75 Å². The average Bonchev–Trinajstić information content (AvgIpc) is 2.47. The van der Waals surface area contributed by atoms with E-state index in [2.05, 4.69) is 18.3 Å². The van der Waals surface area contributed by atoms with Crippen molar-refractivity contribution in [2.75, 3.05) is 20.7 Å². The zero-order valence-corrected chi connectivity index (χ0v) is 13.5. The number of rotatable bonds is 4. The van der Waals surface area contributed by atoms with Crippen molar-refractivity contribution in [3.63, 3.8) is 0 Å². The van der Waals surface area contributed by atoms with Crippen LogP contribution in [0.2, 0.25) is 0 Å². The molecular weight excluding hydrogens is 264 g/mol. The standard InChI is InChI=1S/C17H26N2O2/c1-13-7-8-15(21-4)14(11-13)12-19(3)16(20)17(2)9-5-6-10-18-17/h7-8,11,18H,5-6,9-10,12H2,1-4H3. The number of likely N-dealkylation sites (N-methyl/N-ethyl adjacent to an activating group) is 1. The van der Waals surface area contributed by atoms with Crippen LogP contribution in [0.25, 0.3) is 0 Å². The second-order valence-electron chi connectivity index (χ2n) is 6.19. The molecule has 1 aromatic carbocycles. The van der Waals surface area contributed by atoms with Gasteiger partial charge in [-0.1, -0.05) is 17.7 Å². The number of nitrogens with zero attached hydrogens (tertiary/aromatic N) is 1. The Hall–Kier alpha value is -1.55. The first kappa shape index (κ1) is 15.8. The van der Waals surface area contributed by atoms with Crippen LogP contribution in [-0.4, -0.2) is 37.0 Å². The second kappa shape index (κ2) is 6.48. The number of carbonyl (C=O) groups excluding carboxylic acids is 1. The summed E-state index contributed by atoms with van der Waals surface area (Å²) in [6, 6.07) is 6.07. The van der Waals surface area contributed by atoms with Gasteiger partial charge in [0.1, 0.15) is 5.75 Å². The Labute approximate surface area is 127 Å². The summed E-state index contributed by atoms with van der Waals surface area (Å²) in [5.41, 5.74) is 1.80. The minimum absolute atomic E-state index is 0.158. The average molecular weight is 290 g/mol. The van der Waals surface area contributed by atoms with Gasteiger partial charge in [0, 0.05) is 19.2 Å². The fourth-order valence-corrected chi connectivity index (χ4v) is 3.02. The van der Waals surface area contributed by atoms with Crippen molar-refractivity contribution in [1.82, 2.24) is 10.2 Å². The van der Waals surface area contributed by atoms with Crippen molar-refractivity contribution in [2.45, 2.75) is 45.2 Å². The summed E-state index contributed by atoms with van der Waals surface area (Å²) >= 11 is 0. The van der Waals surface area contributed by atoms with Gasteiger partial charge in [-0.3, -0.25) is 4.79 Å². The van der Waals surface area contributed by atoms with E-state index in [4.69, 9.17) is 4.74 Å². The zero-order chi connectivity index (χ0) is 15.5. The Morgan fingerprint density at radius 3 is 2.81 bits per heavy atom. The van der Waals surface area contributed by atoms with Gasteiger partial charge in [0.2, 0.25) is 5.91 Å². The van der Waals surface area contributed by atoms with Crippen LogP contribution in [0.1, 0.15) is 37.3 Å². The third-order valence-corrected chi connectivity index (χ3v) is 4.28. The first-order valence-electron chi connectivity index (χ1n) is 7.60. The molecule has 116 valence electrons. The van der Waals surface area contributed by atoms with Crippen LogP contribution in [0.15, 0.2) is 18.2 Å². The largest absolute Gasteiger partial charge is 0.496 e. The molecule has 1 N–H and O–H groups in total. The molecule has 1 heterocycles. The number of methoxy groups -OCH3 is 1. The molecule has 0 bridgehead atoms. The van der Waals surface area contributed by atoms with Crippen LogP contribution in [0.4, 0.5) is 0 Å². The lowest BCUT2D eigenvalue weighted by molar-refractivity contribution is -0.137. The quantitative estimate of drug-likeness (QED) is 0.926. The maximum atomic E-state index is 12.7. The molecule has 1 aromatic rings. The Morgan fingerprint density at radius 2 is 2.19 bits per heavy atom. The maximum Gasteiger partial charge on any atom is 0.242 e. The monoisotopic (exact) mass is 290 g/mol. The molecule has 0 aromatic heterocycles. The highest BCUT2D eigenvalue weighted by atomic mass is 16.5. The second-order valence-corrected chi connectivity index (χ2v) is 6.19. The first-order chi connectivity index (χ1) is 9.96. The molecule has 1 amide bonds. The van der Waals surface area contributed by atoms with Crippen LogP contribution in [0.5, 0.6) is 5.75 Å². The molecule has 0 aliphatic carbocycles. The summed E-state index contributed by atoms with van der Waals surface area (Å²) in [7, 11) is 3.53. The van der Waals surface area contributed by atoms with E-state index < -0.39 is 5.54 Å². The maximum absolute atomic E-state index is 12.7. The van der Waals surface area contributed by atoms with E-state index in [1.165, 1.54) is 5.56 Å². The predicted octanol–water partition coefficient (Wildman–Crippen LogP) is 2.49. The Balaban J connectivity index is 2.12. The molecule has 1 fully saturated rings. The zero-order valence-electron chi connectivity index (χ0n) is 13.5. The molecule has 1 saturated heterocycles. The number of benzene rings is 1. The van der Waals surface area contributed by atoms with Crippen molar-refractivity contribution in [3.05, 3.63) is 29.3 Å². The Kier molecular flexibility index (Phi) is 4.88. The summed E-state index contributed by atoms with van der Waals surface area (Å²) in [5, 5.41) is 3.38. The third-order valence-electron chi connectivity index (χ3n) is 4.28. The van der Waals surface area contributed by atoms with E-state index in [9.17, 15) is 4.79 Å². The molecule has 0 radical (unpaired) electrons. The number of hydrogen-bond acceptors (Lipinski definition) is 3. The predicted molar refractivity (Wildman–Crippen MR) is 84.5 cm³/mol. The van der Waals surface area contributed by atoms with E-state index in [1.807, 2.05) is 26.1 Å². The van der Waals surface area contributed by atoms with Gasteiger partial charge >= 0.3 is 0 Å². The van der Waals surface area contributed by atoms with E-state index in [0.717, 1.165) is 37.1 Å². The number of hydrogen-bond donors (Lipinski definition) is 1. The minimum Gasteiger partial charge on any atom is -0.496 e. The van der Waals surface area contributed by atoms with Crippen molar-refractivity contribution in [2.24, 2.45) is 0 Å². The minimum atomic E-state index is -0.427. The summed E-state index contributed by atoms with van der Waals surface area (Å²) < 4.78 is 5.40. The van der Waals surface area contributed by atoms with Crippen molar-refractivity contribution in [1.29, 1.82) is 0 Å². The van der Waals surface area contributed by atoms with Gasteiger partial charge in [-0.25, -0.2) is 0 Å². The van der Waals surface area contributed by atoms with Gasteiger partial charge in [0.25, 0.3) is 0 Å². The van der Waals surface area contributed by atoms with Crippen LogP contribution in [0.3, 0.4) is 0 Å². The van der Waals surface area contributed by atoms with Crippen LogP contribution >= 0.6 is 0 Å². The lowest BCUT2D eigenvalue weighted by Gasteiger charge is -2.36. The molecule has 0 spiro atoms. The molecule has 4 nitrogen and oxygen atoms in total. The van der Waals surface area contributed by atoms with Gasteiger partial charge in [-0.15, -0.1) is 0 Å². The highest BCUT2D eigenvalue weighted by Crippen LogP contribution is 2.24.